The number of hydrogen-bond acceptors (Lipinski definition) is 2. The van der Waals surface area contributed by atoms with E-state index in [1.165, 1.54) is 0 Å². The molecule has 0 saturated heterocycles. The number of aliphatic hydroxyl groups excluding tert-OH is 2. The summed E-state index contributed by atoms with van der Waals surface area (Å²) < 4.78 is 0. The van der Waals surface area contributed by atoms with Gasteiger partial charge in [-0.3, -0.25) is 0 Å². The van der Waals surface area contributed by atoms with Gasteiger partial charge in [-0.1, -0.05) is 12.2 Å². The van der Waals surface area contributed by atoms with E-state index in [1.807, 2.05) is 0 Å². The van der Waals surface area contributed by atoms with Crippen LogP contribution in [0.25, 0.3) is 0 Å². The fourth-order valence-electron chi connectivity index (χ4n) is 0.183. The topological polar surface area (TPSA) is 40.5 Å². The molecule has 0 bridgehead atoms. The molecule has 0 aliphatic carbocycles. The highest BCUT2D eigenvalue weighted by atomic mass is 16.3. The van der Waals surface area contributed by atoms with Crippen molar-refractivity contribution in [2.75, 3.05) is 13.2 Å². The molecule has 0 heterocycles. The Morgan fingerprint density at radius 2 is 1.20 bits per heavy atom. The van der Waals surface area contributed by atoms with Crippen molar-refractivity contribution < 1.29 is 10.2 Å². The second-order valence-electron chi connectivity index (χ2n) is 1.60. The third-order valence-electron chi connectivity index (χ3n) is 0.666. The predicted molar refractivity (Wildman–Crippen MR) is 43.8 cm³/mol. The fourth-order valence-corrected chi connectivity index (χ4v) is 0.183. The monoisotopic (exact) mass is 144 g/mol. The van der Waals surface area contributed by atoms with Crippen molar-refractivity contribution in [3.05, 3.63) is 25.3 Å². The summed E-state index contributed by atoms with van der Waals surface area (Å²) in [4.78, 5) is 0. The Balaban J connectivity index is 0. The lowest BCUT2D eigenvalue weighted by atomic mass is 10.5. The molecule has 0 amide bonds. The van der Waals surface area contributed by atoms with E-state index in [0.29, 0.717) is 12.8 Å². The van der Waals surface area contributed by atoms with Gasteiger partial charge in [0.1, 0.15) is 0 Å². The first-order valence-electron chi connectivity index (χ1n) is 3.27. The maximum atomic E-state index is 8.00. The summed E-state index contributed by atoms with van der Waals surface area (Å²) in [6, 6.07) is 0. The van der Waals surface area contributed by atoms with Crippen LogP contribution in [0, 0.1) is 0 Å². The molecule has 0 unspecified atom stereocenters. The average molecular weight is 144 g/mol. The van der Waals surface area contributed by atoms with Gasteiger partial charge in [-0.15, -0.1) is 13.2 Å². The highest BCUT2D eigenvalue weighted by Gasteiger charge is 1.63. The molecule has 0 aliphatic heterocycles. The molecule has 0 atom stereocenters. The molecule has 60 valence electrons. The van der Waals surface area contributed by atoms with E-state index in [2.05, 4.69) is 13.2 Å². The lowest BCUT2D eigenvalue weighted by Gasteiger charge is -1.73. The molecule has 2 nitrogen and oxygen atoms in total. The Kier molecular flexibility index (Phi) is 19.1. The van der Waals surface area contributed by atoms with Crippen LogP contribution in [0.3, 0.4) is 0 Å². The Bertz CT molecular complexity index is 59.7. The van der Waals surface area contributed by atoms with Crippen molar-refractivity contribution >= 4 is 0 Å². The quantitative estimate of drug-likeness (QED) is 0.580. The smallest absolute Gasteiger partial charge is 0.0465 e. The molecule has 0 fully saturated rings. The number of hydrogen-bond donors (Lipinski definition) is 2. The highest BCUT2D eigenvalue weighted by Crippen LogP contribution is 1.70. The van der Waals surface area contributed by atoms with Crippen LogP contribution < -0.4 is 0 Å². The van der Waals surface area contributed by atoms with E-state index >= 15 is 0 Å². The lowest BCUT2D eigenvalue weighted by Crippen LogP contribution is -1.71. The van der Waals surface area contributed by atoms with E-state index < -0.39 is 0 Å². The zero-order valence-corrected chi connectivity index (χ0v) is 6.29. The molecule has 2 heteroatoms. The Labute approximate surface area is 62.5 Å². The van der Waals surface area contributed by atoms with Gasteiger partial charge in [-0.25, -0.2) is 0 Å². The number of rotatable bonds is 4. The van der Waals surface area contributed by atoms with Crippen LogP contribution in [-0.4, -0.2) is 23.4 Å². The maximum absolute atomic E-state index is 8.00. The number of aliphatic hydroxyl groups is 2. The molecule has 2 N–H and O–H groups in total. The van der Waals surface area contributed by atoms with Gasteiger partial charge in [0.25, 0.3) is 0 Å². The van der Waals surface area contributed by atoms with Crippen molar-refractivity contribution in [1.29, 1.82) is 0 Å². The van der Waals surface area contributed by atoms with Crippen LogP contribution in [0.2, 0.25) is 0 Å². The summed E-state index contributed by atoms with van der Waals surface area (Å²) >= 11 is 0. The molecule has 0 spiro atoms. The Morgan fingerprint density at radius 3 is 1.20 bits per heavy atom. The third-order valence-corrected chi connectivity index (χ3v) is 0.666. The lowest BCUT2D eigenvalue weighted by molar-refractivity contribution is 0.302. The van der Waals surface area contributed by atoms with Crippen molar-refractivity contribution in [2.24, 2.45) is 0 Å². The minimum atomic E-state index is 0.226. The molecule has 0 aromatic carbocycles. The molecule has 10 heavy (non-hydrogen) atoms. The van der Waals surface area contributed by atoms with Crippen LogP contribution >= 0.6 is 0 Å². The van der Waals surface area contributed by atoms with Gasteiger partial charge < -0.3 is 10.2 Å². The van der Waals surface area contributed by atoms with Crippen molar-refractivity contribution in [2.45, 2.75) is 12.8 Å². The predicted octanol–water partition coefficient (Wildman–Crippen LogP) is 1.11. The minimum Gasteiger partial charge on any atom is -0.396 e. The largest absolute Gasteiger partial charge is 0.396 e. The van der Waals surface area contributed by atoms with Gasteiger partial charge in [-0.05, 0) is 12.8 Å². The van der Waals surface area contributed by atoms with Gasteiger partial charge in [0.2, 0.25) is 0 Å². The van der Waals surface area contributed by atoms with E-state index in [9.17, 15) is 0 Å². The maximum Gasteiger partial charge on any atom is 0.0465 e. The van der Waals surface area contributed by atoms with E-state index in [-0.39, 0.29) is 13.2 Å². The van der Waals surface area contributed by atoms with Gasteiger partial charge in [-0.2, -0.15) is 0 Å². The molecule has 0 aromatic rings. The Morgan fingerprint density at radius 1 is 0.900 bits per heavy atom. The first-order valence-corrected chi connectivity index (χ1v) is 3.27. The molecule has 0 saturated carbocycles. The van der Waals surface area contributed by atoms with E-state index in [1.54, 1.807) is 12.2 Å². The molecular formula is C8H16O2. The van der Waals surface area contributed by atoms with Gasteiger partial charge in [0.15, 0.2) is 0 Å². The van der Waals surface area contributed by atoms with Gasteiger partial charge >= 0.3 is 0 Å². The second kappa shape index (κ2) is 15.8. The first-order chi connectivity index (χ1) is 4.83. The van der Waals surface area contributed by atoms with Crippen LogP contribution in [0.4, 0.5) is 0 Å². The summed E-state index contributed by atoms with van der Waals surface area (Å²) in [5.74, 6) is 0. The third kappa shape index (κ3) is 26.2. The summed E-state index contributed by atoms with van der Waals surface area (Å²) in [5, 5.41) is 16.0. The SMILES string of the molecule is C=CCCO.C=CCCO. The zero-order chi connectivity index (χ0) is 8.24. The van der Waals surface area contributed by atoms with Gasteiger partial charge in [0, 0.05) is 13.2 Å². The normalized spacial score (nSPS) is 7.40. The first kappa shape index (κ1) is 12.1. The minimum absolute atomic E-state index is 0.226. The van der Waals surface area contributed by atoms with E-state index in [4.69, 9.17) is 10.2 Å². The molecular weight excluding hydrogens is 128 g/mol. The van der Waals surface area contributed by atoms with Gasteiger partial charge in [0.05, 0.1) is 0 Å². The van der Waals surface area contributed by atoms with Crippen molar-refractivity contribution in [3.8, 4) is 0 Å². The summed E-state index contributed by atoms with van der Waals surface area (Å²) in [5.41, 5.74) is 0. The zero-order valence-electron chi connectivity index (χ0n) is 6.29. The van der Waals surface area contributed by atoms with E-state index in [0.717, 1.165) is 0 Å². The van der Waals surface area contributed by atoms with Crippen LogP contribution in [-0.2, 0) is 0 Å². The van der Waals surface area contributed by atoms with Crippen LogP contribution in [0.5, 0.6) is 0 Å². The molecule has 0 radical (unpaired) electrons. The Hall–Kier alpha value is -0.600. The standard InChI is InChI=1S/2C4H8O/c2*1-2-3-4-5/h2*2,5H,1,3-4H2. The molecule has 0 rings (SSSR count). The van der Waals surface area contributed by atoms with Crippen LogP contribution in [0.1, 0.15) is 12.8 Å². The van der Waals surface area contributed by atoms with Crippen LogP contribution in [0.15, 0.2) is 25.3 Å². The summed E-state index contributed by atoms with van der Waals surface area (Å²) in [6.45, 7) is 7.23. The second-order valence-corrected chi connectivity index (χ2v) is 1.60. The summed E-state index contributed by atoms with van der Waals surface area (Å²) in [6.07, 6.45) is 4.78. The fraction of sp³-hybridized carbons (Fsp3) is 0.500. The summed E-state index contributed by atoms with van der Waals surface area (Å²) in [7, 11) is 0. The molecule has 0 aromatic heterocycles. The van der Waals surface area contributed by atoms with Crippen molar-refractivity contribution in [1.82, 2.24) is 0 Å². The van der Waals surface area contributed by atoms with Crippen molar-refractivity contribution in [3.63, 3.8) is 0 Å². The highest BCUT2D eigenvalue weighted by molar-refractivity contribution is 4.63. The average Bonchev–Trinajstić information content (AvgIpc) is 1.93. The molecule has 0 aliphatic rings.